The van der Waals surface area contributed by atoms with Crippen LogP contribution in [0.5, 0.6) is 0 Å². The quantitative estimate of drug-likeness (QED) is 0.700. The van der Waals surface area contributed by atoms with Crippen molar-refractivity contribution in [2.24, 2.45) is 5.92 Å². The van der Waals surface area contributed by atoms with Gasteiger partial charge in [-0.25, -0.2) is 4.39 Å². The van der Waals surface area contributed by atoms with E-state index in [0.29, 0.717) is 11.6 Å². The molecular formula is C16H15F4N. The SMILES string of the molecule is Cc1ccc(-c2cccc(C(F)(F)F)c2F)n1CC1CC1. The summed E-state index contributed by atoms with van der Waals surface area (Å²) >= 11 is 0. The number of halogens is 4. The fourth-order valence-electron chi connectivity index (χ4n) is 2.55. The van der Waals surface area contributed by atoms with Crippen LogP contribution in [0.2, 0.25) is 0 Å². The molecule has 112 valence electrons. The molecule has 1 fully saturated rings. The highest BCUT2D eigenvalue weighted by Crippen LogP contribution is 2.37. The van der Waals surface area contributed by atoms with Crippen molar-refractivity contribution >= 4 is 0 Å². The van der Waals surface area contributed by atoms with Gasteiger partial charge in [-0.2, -0.15) is 13.2 Å². The molecule has 1 aromatic heterocycles. The van der Waals surface area contributed by atoms with Gasteiger partial charge in [0, 0.05) is 17.8 Å². The van der Waals surface area contributed by atoms with Gasteiger partial charge in [-0.1, -0.05) is 6.07 Å². The average Bonchev–Trinajstić information content (AvgIpc) is 3.14. The van der Waals surface area contributed by atoms with Crippen molar-refractivity contribution in [3.63, 3.8) is 0 Å². The molecule has 1 heterocycles. The minimum Gasteiger partial charge on any atom is -0.345 e. The highest BCUT2D eigenvalue weighted by Gasteiger charge is 2.35. The van der Waals surface area contributed by atoms with Crippen LogP contribution in [0.3, 0.4) is 0 Å². The lowest BCUT2D eigenvalue weighted by Gasteiger charge is -2.14. The molecule has 0 atom stereocenters. The van der Waals surface area contributed by atoms with Gasteiger partial charge in [0.2, 0.25) is 0 Å². The molecule has 5 heteroatoms. The first-order valence-electron chi connectivity index (χ1n) is 6.90. The molecule has 3 rings (SSSR count). The molecule has 1 aliphatic carbocycles. The predicted molar refractivity (Wildman–Crippen MR) is 72.3 cm³/mol. The van der Waals surface area contributed by atoms with Gasteiger partial charge in [0.05, 0.1) is 11.3 Å². The van der Waals surface area contributed by atoms with E-state index in [0.717, 1.165) is 31.1 Å². The summed E-state index contributed by atoms with van der Waals surface area (Å²) < 4.78 is 54.6. The molecule has 0 aliphatic heterocycles. The summed E-state index contributed by atoms with van der Waals surface area (Å²) in [4.78, 5) is 0. The minimum absolute atomic E-state index is 0.0126. The van der Waals surface area contributed by atoms with Crippen LogP contribution in [0.15, 0.2) is 30.3 Å². The Morgan fingerprint density at radius 2 is 1.86 bits per heavy atom. The molecule has 1 nitrogen and oxygen atoms in total. The summed E-state index contributed by atoms with van der Waals surface area (Å²) in [7, 11) is 0. The van der Waals surface area contributed by atoms with Gasteiger partial charge in [-0.15, -0.1) is 0 Å². The summed E-state index contributed by atoms with van der Waals surface area (Å²) in [5.74, 6) is -0.635. The lowest BCUT2D eigenvalue weighted by Crippen LogP contribution is -2.10. The topological polar surface area (TPSA) is 4.93 Å². The first-order valence-corrected chi connectivity index (χ1v) is 6.90. The monoisotopic (exact) mass is 297 g/mol. The number of hydrogen-bond acceptors (Lipinski definition) is 0. The standard InChI is InChI=1S/C16H15F4N/c1-10-5-8-14(21(10)9-11-6-7-11)12-3-2-4-13(15(12)17)16(18,19)20/h2-5,8,11H,6-7,9H2,1H3. The van der Waals surface area contributed by atoms with Crippen LogP contribution in [-0.4, -0.2) is 4.57 Å². The van der Waals surface area contributed by atoms with E-state index in [9.17, 15) is 17.6 Å². The number of aryl methyl sites for hydroxylation is 1. The van der Waals surface area contributed by atoms with E-state index in [1.165, 1.54) is 12.1 Å². The summed E-state index contributed by atoms with van der Waals surface area (Å²) in [5.41, 5.74) is 0.257. The fraction of sp³-hybridized carbons (Fsp3) is 0.375. The number of benzene rings is 1. The van der Waals surface area contributed by atoms with Crippen molar-refractivity contribution in [2.45, 2.75) is 32.5 Å². The van der Waals surface area contributed by atoms with Crippen molar-refractivity contribution in [1.82, 2.24) is 4.57 Å². The smallest absolute Gasteiger partial charge is 0.345 e. The van der Waals surface area contributed by atoms with E-state index >= 15 is 0 Å². The number of hydrogen-bond donors (Lipinski definition) is 0. The Balaban J connectivity index is 2.08. The number of nitrogens with zero attached hydrogens (tertiary/aromatic N) is 1. The zero-order chi connectivity index (χ0) is 15.2. The molecule has 0 saturated heterocycles. The molecule has 1 aliphatic rings. The Kier molecular flexibility index (Phi) is 3.30. The van der Waals surface area contributed by atoms with E-state index in [2.05, 4.69) is 0 Å². The number of aromatic nitrogens is 1. The van der Waals surface area contributed by atoms with Crippen molar-refractivity contribution in [2.75, 3.05) is 0 Å². The normalized spacial score (nSPS) is 15.5. The van der Waals surface area contributed by atoms with Crippen LogP contribution >= 0.6 is 0 Å². The number of alkyl halides is 3. The maximum Gasteiger partial charge on any atom is 0.419 e. The highest BCUT2D eigenvalue weighted by molar-refractivity contribution is 5.63. The molecule has 0 unspecified atom stereocenters. The van der Waals surface area contributed by atoms with E-state index in [-0.39, 0.29) is 5.56 Å². The third-order valence-electron chi connectivity index (χ3n) is 3.92. The minimum atomic E-state index is -4.68. The van der Waals surface area contributed by atoms with Gasteiger partial charge < -0.3 is 4.57 Å². The van der Waals surface area contributed by atoms with Gasteiger partial charge in [0.1, 0.15) is 5.82 Å². The van der Waals surface area contributed by atoms with Crippen molar-refractivity contribution in [1.29, 1.82) is 0 Å². The molecule has 1 aromatic carbocycles. The van der Waals surface area contributed by atoms with Gasteiger partial charge in [-0.3, -0.25) is 0 Å². The lowest BCUT2D eigenvalue weighted by molar-refractivity contribution is -0.139. The van der Waals surface area contributed by atoms with Crippen LogP contribution in [0.1, 0.15) is 24.1 Å². The second kappa shape index (κ2) is 4.90. The van der Waals surface area contributed by atoms with Crippen LogP contribution in [0.4, 0.5) is 17.6 Å². The Bertz CT molecular complexity index is 665. The van der Waals surface area contributed by atoms with Crippen molar-refractivity contribution in [3.05, 3.63) is 47.4 Å². The molecule has 0 spiro atoms. The maximum absolute atomic E-state index is 14.3. The zero-order valence-corrected chi connectivity index (χ0v) is 11.5. The highest BCUT2D eigenvalue weighted by atomic mass is 19.4. The maximum atomic E-state index is 14.3. The molecule has 0 amide bonds. The fourth-order valence-corrected chi connectivity index (χ4v) is 2.55. The Morgan fingerprint density at radius 3 is 2.48 bits per heavy atom. The van der Waals surface area contributed by atoms with E-state index in [1.807, 2.05) is 17.6 Å². The third kappa shape index (κ3) is 2.69. The van der Waals surface area contributed by atoms with Gasteiger partial charge in [0.25, 0.3) is 0 Å². The average molecular weight is 297 g/mol. The summed E-state index contributed by atoms with van der Waals surface area (Å²) in [6, 6.07) is 6.95. The molecule has 1 saturated carbocycles. The summed E-state index contributed by atoms with van der Waals surface area (Å²) in [6.45, 7) is 2.63. The van der Waals surface area contributed by atoms with Gasteiger partial charge in [0.15, 0.2) is 0 Å². The molecule has 0 N–H and O–H groups in total. The Hall–Kier alpha value is -1.78. The van der Waals surface area contributed by atoms with Gasteiger partial charge in [-0.05, 0) is 49.9 Å². The number of rotatable bonds is 3. The molecule has 0 radical (unpaired) electrons. The molecule has 21 heavy (non-hydrogen) atoms. The van der Waals surface area contributed by atoms with Crippen LogP contribution in [-0.2, 0) is 12.7 Å². The first kappa shape index (κ1) is 14.2. The third-order valence-corrected chi connectivity index (χ3v) is 3.92. The molecular weight excluding hydrogens is 282 g/mol. The van der Waals surface area contributed by atoms with Crippen LogP contribution in [0.25, 0.3) is 11.3 Å². The zero-order valence-electron chi connectivity index (χ0n) is 11.5. The Morgan fingerprint density at radius 1 is 1.14 bits per heavy atom. The van der Waals surface area contributed by atoms with Crippen molar-refractivity contribution in [3.8, 4) is 11.3 Å². The predicted octanol–water partition coefficient (Wildman–Crippen LogP) is 5.03. The second-order valence-corrected chi connectivity index (χ2v) is 5.58. The van der Waals surface area contributed by atoms with E-state index in [1.54, 1.807) is 6.07 Å². The molecule has 0 bridgehead atoms. The first-order chi connectivity index (χ1) is 9.88. The largest absolute Gasteiger partial charge is 0.419 e. The van der Waals surface area contributed by atoms with E-state index in [4.69, 9.17) is 0 Å². The van der Waals surface area contributed by atoms with E-state index < -0.39 is 17.6 Å². The van der Waals surface area contributed by atoms with Gasteiger partial charge >= 0.3 is 6.18 Å². The lowest BCUT2D eigenvalue weighted by atomic mass is 10.1. The summed E-state index contributed by atoms with van der Waals surface area (Å²) in [5, 5.41) is 0. The van der Waals surface area contributed by atoms with Crippen LogP contribution < -0.4 is 0 Å². The Labute approximate surface area is 120 Å². The summed E-state index contributed by atoms with van der Waals surface area (Å²) in [6.07, 6.45) is -2.42. The molecule has 2 aromatic rings. The van der Waals surface area contributed by atoms with Crippen molar-refractivity contribution < 1.29 is 17.6 Å². The second-order valence-electron chi connectivity index (χ2n) is 5.58. The van der Waals surface area contributed by atoms with Crippen LogP contribution in [0, 0.1) is 18.7 Å².